The molecule has 1 atom stereocenters. The van der Waals surface area contributed by atoms with Gasteiger partial charge in [0, 0.05) is 0 Å². The third kappa shape index (κ3) is 11.8. The Morgan fingerprint density at radius 1 is 0.579 bits per heavy atom. The maximum absolute atomic E-state index is 11.6. The standard InChI is InChI=1S/C18H18O5.2C7H7.Sn/c19-16(18(21)23-13-15-9-5-2-6-10-15)11-17(20)22-12-14-7-3-1-4-8-14;2*1-7-5-3-2-4-6-7;/h1-10,16,19H,11-13H2;2*2-6H,1H2;. The zero-order chi connectivity index (χ0) is 26.8. The summed E-state index contributed by atoms with van der Waals surface area (Å²) in [7, 11) is 0. The maximum atomic E-state index is 11.6. The molecule has 0 aliphatic carbocycles. The fourth-order valence-electron chi connectivity index (χ4n) is 3.41. The predicted octanol–water partition coefficient (Wildman–Crippen LogP) is 5.32. The van der Waals surface area contributed by atoms with E-state index in [2.05, 4.69) is 60.7 Å². The Kier molecular flexibility index (Phi) is 13.2. The van der Waals surface area contributed by atoms with Crippen LogP contribution in [0.5, 0.6) is 0 Å². The average Bonchev–Trinajstić information content (AvgIpc) is 2.97. The van der Waals surface area contributed by atoms with Crippen molar-refractivity contribution in [1.82, 2.24) is 0 Å². The van der Waals surface area contributed by atoms with Gasteiger partial charge in [0.25, 0.3) is 0 Å². The van der Waals surface area contributed by atoms with E-state index in [1.807, 2.05) is 48.5 Å². The first-order chi connectivity index (χ1) is 18.6. The molecule has 0 fully saturated rings. The molecule has 2 radical (unpaired) electrons. The van der Waals surface area contributed by atoms with Crippen LogP contribution in [0.4, 0.5) is 0 Å². The Morgan fingerprint density at radius 3 is 1.37 bits per heavy atom. The van der Waals surface area contributed by atoms with Crippen LogP contribution >= 0.6 is 0 Å². The van der Waals surface area contributed by atoms with Crippen molar-refractivity contribution in [2.75, 3.05) is 0 Å². The van der Waals surface area contributed by atoms with Crippen LogP contribution in [0.15, 0.2) is 121 Å². The fraction of sp³-hybridized carbons (Fsp3) is 0.188. The third-order valence-corrected chi connectivity index (χ3v) is 9.20. The fourth-order valence-corrected chi connectivity index (χ4v) is 6.76. The normalized spacial score (nSPS) is 11.0. The van der Waals surface area contributed by atoms with Gasteiger partial charge in [0.2, 0.25) is 0 Å². The van der Waals surface area contributed by atoms with E-state index in [1.165, 1.54) is 20.0 Å². The molecule has 4 aromatic rings. The molecule has 0 bridgehead atoms. The van der Waals surface area contributed by atoms with Crippen molar-refractivity contribution >= 4 is 33.1 Å². The molecule has 6 heteroatoms. The summed E-state index contributed by atoms with van der Waals surface area (Å²) in [6.07, 6.45) is -1.96. The zero-order valence-electron chi connectivity index (χ0n) is 21.2. The van der Waals surface area contributed by atoms with Gasteiger partial charge in [-0.25, -0.2) is 4.79 Å². The van der Waals surface area contributed by atoms with Crippen molar-refractivity contribution < 1.29 is 24.2 Å². The summed E-state index contributed by atoms with van der Waals surface area (Å²) in [6, 6.07) is 39.9. The molecule has 4 rings (SSSR count). The van der Waals surface area contributed by atoms with Crippen LogP contribution in [-0.4, -0.2) is 44.3 Å². The van der Waals surface area contributed by atoms with E-state index in [1.54, 1.807) is 12.1 Å². The molecule has 0 spiro atoms. The Bertz CT molecular complexity index is 1160. The van der Waals surface area contributed by atoms with Crippen LogP contribution in [0, 0.1) is 0 Å². The van der Waals surface area contributed by atoms with Crippen molar-refractivity contribution in [3.8, 4) is 0 Å². The predicted molar refractivity (Wildman–Crippen MR) is 149 cm³/mol. The molecule has 0 aliphatic rings. The molecule has 0 aromatic heterocycles. The van der Waals surface area contributed by atoms with Gasteiger partial charge in [-0.2, -0.15) is 0 Å². The number of carbonyl (C=O) groups is 2. The van der Waals surface area contributed by atoms with Crippen molar-refractivity contribution in [1.29, 1.82) is 0 Å². The van der Waals surface area contributed by atoms with Crippen molar-refractivity contribution in [2.24, 2.45) is 0 Å². The quantitative estimate of drug-likeness (QED) is 0.183. The summed E-state index contributed by atoms with van der Waals surface area (Å²) in [4.78, 5) is 23.3. The van der Waals surface area contributed by atoms with Crippen LogP contribution in [0.25, 0.3) is 0 Å². The van der Waals surface area contributed by atoms with Gasteiger partial charge in [-0.15, -0.1) is 0 Å². The van der Waals surface area contributed by atoms with Gasteiger partial charge in [-0.1, -0.05) is 60.7 Å². The van der Waals surface area contributed by atoms with Gasteiger partial charge in [0.1, 0.15) is 13.2 Å². The first kappa shape index (κ1) is 29.1. The Hall–Kier alpha value is -3.42. The summed E-state index contributed by atoms with van der Waals surface area (Å²) < 4.78 is 12.7. The number of hydrogen-bond donors (Lipinski definition) is 1. The second-order valence-electron chi connectivity index (χ2n) is 8.53. The monoisotopic (exact) mass is 616 g/mol. The first-order valence-electron chi connectivity index (χ1n) is 12.5. The topological polar surface area (TPSA) is 72.8 Å². The number of aliphatic hydroxyl groups excluding tert-OH is 1. The van der Waals surface area contributed by atoms with Crippen LogP contribution in [0.2, 0.25) is 0 Å². The molecule has 0 saturated heterocycles. The molecule has 38 heavy (non-hydrogen) atoms. The Labute approximate surface area is 234 Å². The SMILES string of the molecule is O=C(CC(O)C(=O)OCc1ccccc1)OCc1ccccc1.c1ccc([CH2][Sn][CH2]c2ccccc2)cc1. The molecule has 0 saturated carbocycles. The third-order valence-electron chi connectivity index (χ3n) is 5.44. The van der Waals surface area contributed by atoms with Crippen LogP contribution in [-0.2, 0) is 41.2 Å². The van der Waals surface area contributed by atoms with Crippen molar-refractivity contribution in [3.05, 3.63) is 144 Å². The van der Waals surface area contributed by atoms with E-state index in [0.717, 1.165) is 11.1 Å². The van der Waals surface area contributed by atoms with E-state index in [9.17, 15) is 14.7 Å². The summed E-state index contributed by atoms with van der Waals surface area (Å²) in [5, 5.41) is 9.69. The van der Waals surface area contributed by atoms with E-state index in [-0.39, 0.29) is 34.4 Å². The minimum absolute atomic E-state index is 0.0514. The summed E-state index contributed by atoms with van der Waals surface area (Å²) in [5.41, 5.74) is 4.67. The Balaban J connectivity index is 0.000000230. The molecule has 0 amide bonds. The van der Waals surface area contributed by atoms with E-state index < -0.39 is 24.5 Å². The molecule has 1 unspecified atom stereocenters. The number of hydrogen-bond acceptors (Lipinski definition) is 5. The van der Waals surface area contributed by atoms with Crippen LogP contribution in [0.1, 0.15) is 28.7 Å². The molecule has 0 aliphatic heterocycles. The molecular formula is C32H32O5Sn. The second-order valence-corrected chi connectivity index (χ2v) is 12.0. The van der Waals surface area contributed by atoms with Gasteiger partial charge < -0.3 is 14.6 Å². The molecule has 194 valence electrons. The van der Waals surface area contributed by atoms with Crippen molar-refractivity contribution in [2.45, 2.75) is 34.6 Å². The number of rotatable bonds is 11. The number of esters is 2. The number of aliphatic hydroxyl groups is 1. The van der Waals surface area contributed by atoms with Gasteiger partial charge in [-0.3, -0.25) is 4.79 Å². The number of carbonyl (C=O) groups excluding carboxylic acids is 2. The summed E-state index contributed by atoms with van der Waals surface area (Å²) in [6.45, 7) is 0.154. The number of ether oxygens (including phenoxy) is 2. The molecule has 5 nitrogen and oxygen atoms in total. The van der Waals surface area contributed by atoms with Crippen molar-refractivity contribution in [3.63, 3.8) is 0 Å². The second kappa shape index (κ2) is 17.2. The van der Waals surface area contributed by atoms with E-state index in [0.29, 0.717) is 0 Å². The zero-order valence-corrected chi connectivity index (χ0v) is 24.1. The van der Waals surface area contributed by atoms with E-state index >= 15 is 0 Å². The average molecular weight is 615 g/mol. The van der Waals surface area contributed by atoms with Gasteiger partial charge in [-0.05, 0) is 11.1 Å². The van der Waals surface area contributed by atoms with Gasteiger partial charge in [0.05, 0.1) is 6.42 Å². The molecule has 4 aromatic carbocycles. The van der Waals surface area contributed by atoms with Gasteiger partial charge in [0.15, 0.2) is 6.10 Å². The van der Waals surface area contributed by atoms with Gasteiger partial charge >= 0.3 is 114 Å². The molecule has 1 N–H and O–H groups in total. The molecular weight excluding hydrogens is 583 g/mol. The summed E-state index contributed by atoms with van der Waals surface area (Å²) >= 11 is -0.258. The minimum atomic E-state index is -1.53. The van der Waals surface area contributed by atoms with Crippen LogP contribution in [0.3, 0.4) is 0 Å². The first-order valence-corrected chi connectivity index (χ1v) is 16.5. The van der Waals surface area contributed by atoms with E-state index in [4.69, 9.17) is 9.47 Å². The molecule has 0 heterocycles. The number of benzene rings is 4. The summed E-state index contributed by atoms with van der Waals surface area (Å²) in [5.74, 6) is -1.50. The Morgan fingerprint density at radius 2 is 0.947 bits per heavy atom. The van der Waals surface area contributed by atoms with Crippen LogP contribution < -0.4 is 0 Å².